The quantitative estimate of drug-likeness (QED) is 0.186. The lowest BCUT2D eigenvalue weighted by molar-refractivity contribution is 0.636. The van der Waals surface area contributed by atoms with Crippen LogP contribution in [0.25, 0.3) is 44.2 Å². The van der Waals surface area contributed by atoms with Crippen molar-refractivity contribution in [3.8, 4) is 11.1 Å². The lowest BCUT2D eigenvalue weighted by Gasteiger charge is -2.32. The minimum absolute atomic E-state index is 0.405. The van der Waals surface area contributed by atoms with E-state index < -0.39 is 0 Å². The van der Waals surface area contributed by atoms with Crippen LogP contribution in [0.4, 0.5) is 0 Å². The van der Waals surface area contributed by atoms with Crippen LogP contribution in [-0.4, -0.2) is 4.57 Å². The van der Waals surface area contributed by atoms with E-state index in [1.807, 2.05) is 0 Å². The standard InChI is InChI=1S/C48H39N/c1-2-10-32(11-3-1)34-18-21-36(22-19-34)44-31-39-26-29-46-48(47(39)42-15-7-6-14-41(42)44)43-16-8-9-17-45(43)49(46)40-27-24-35(25-28-40)38-23-20-33-12-4-5-13-37(33)30-38/h1-5,7-13,15-24,26-30,33,35,37,44H,6,14,25,31H2. The fraction of sp³-hybridized carbons (Fsp3) is 0.167. The molecule has 5 aromatic rings. The molecule has 0 saturated heterocycles. The molecule has 0 spiro atoms. The molecule has 0 N–H and O–H groups in total. The summed E-state index contributed by atoms with van der Waals surface area (Å²) in [6.07, 6.45) is 32.6. The maximum Gasteiger partial charge on any atom is 0.0547 e. The number of nitrogens with zero attached hydrogens (tertiary/aromatic N) is 1. The SMILES string of the molecule is C1=CC2C=CC(C3C=CC(n4c5ccccc5c5c6c(ccc54)CC(c4ccc(-c5ccccc5)cc4)C4=C6C=CCC4)=CC3)=CC2C=C1. The lowest BCUT2D eigenvalue weighted by atomic mass is 9.71. The second kappa shape index (κ2) is 11.6. The number of para-hydroxylation sites is 1. The molecule has 10 rings (SSSR count). The van der Waals surface area contributed by atoms with Gasteiger partial charge in [0.15, 0.2) is 0 Å². The van der Waals surface area contributed by atoms with E-state index in [1.165, 1.54) is 66.5 Å². The normalized spacial score (nSPS) is 23.8. The summed E-state index contributed by atoms with van der Waals surface area (Å²) in [5, 5.41) is 2.76. The molecule has 0 radical (unpaired) electrons. The number of benzene rings is 4. The fourth-order valence-corrected chi connectivity index (χ4v) is 9.12. The van der Waals surface area contributed by atoms with Crippen molar-refractivity contribution in [3.63, 3.8) is 0 Å². The summed E-state index contributed by atoms with van der Waals surface area (Å²) in [6.45, 7) is 0. The average molecular weight is 630 g/mol. The van der Waals surface area contributed by atoms with Crippen LogP contribution in [0.1, 0.15) is 41.9 Å². The first-order valence-corrected chi connectivity index (χ1v) is 18.0. The first-order chi connectivity index (χ1) is 24.3. The smallest absolute Gasteiger partial charge is 0.0547 e. The van der Waals surface area contributed by atoms with Gasteiger partial charge in [-0.15, -0.1) is 0 Å². The Kier molecular flexibility index (Phi) is 6.79. The maximum absolute atomic E-state index is 2.52. The molecule has 236 valence electrons. The van der Waals surface area contributed by atoms with Gasteiger partial charge >= 0.3 is 0 Å². The molecule has 1 aromatic heterocycles. The number of hydrogen-bond acceptors (Lipinski definition) is 0. The third kappa shape index (κ3) is 4.75. The monoisotopic (exact) mass is 629 g/mol. The summed E-state index contributed by atoms with van der Waals surface area (Å²) in [5.41, 5.74) is 15.3. The van der Waals surface area contributed by atoms with Crippen LogP contribution in [-0.2, 0) is 6.42 Å². The third-order valence-electron chi connectivity index (χ3n) is 11.6. The van der Waals surface area contributed by atoms with E-state index >= 15 is 0 Å². The number of rotatable bonds is 4. The molecule has 1 heterocycles. The zero-order chi connectivity index (χ0) is 32.3. The minimum Gasteiger partial charge on any atom is -0.310 e. The molecule has 4 unspecified atom stereocenters. The first-order valence-electron chi connectivity index (χ1n) is 18.0. The topological polar surface area (TPSA) is 4.93 Å². The van der Waals surface area contributed by atoms with Crippen molar-refractivity contribution in [2.75, 3.05) is 0 Å². The number of fused-ring (bicyclic) bond motifs is 7. The molecule has 0 aliphatic heterocycles. The summed E-state index contributed by atoms with van der Waals surface area (Å²) in [5.74, 6) is 1.80. The number of allylic oxidation sites excluding steroid dienone is 16. The van der Waals surface area contributed by atoms with Crippen LogP contribution in [0.15, 0.2) is 175 Å². The van der Waals surface area contributed by atoms with Gasteiger partial charge in [0.05, 0.1) is 11.0 Å². The van der Waals surface area contributed by atoms with Crippen LogP contribution in [0, 0.1) is 17.8 Å². The zero-order valence-electron chi connectivity index (χ0n) is 27.7. The van der Waals surface area contributed by atoms with E-state index in [9.17, 15) is 0 Å². The molecule has 1 heteroatoms. The Morgan fingerprint density at radius 3 is 2.33 bits per heavy atom. The molecular weight excluding hydrogens is 591 g/mol. The van der Waals surface area contributed by atoms with Crippen LogP contribution in [0.5, 0.6) is 0 Å². The molecule has 5 aliphatic rings. The molecule has 0 saturated carbocycles. The van der Waals surface area contributed by atoms with Crippen LogP contribution < -0.4 is 0 Å². The first kappa shape index (κ1) is 28.6. The van der Waals surface area contributed by atoms with E-state index in [4.69, 9.17) is 0 Å². The van der Waals surface area contributed by atoms with Crippen molar-refractivity contribution < 1.29 is 0 Å². The van der Waals surface area contributed by atoms with Crippen molar-refractivity contribution >= 4 is 33.1 Å². The van der Waals surface area contributed by atoms with Gasteiger partial charge in [0, 0.05) is 40.1 Å². The summed E-state index contributed by atoms with van der Waals surface area (Å²) in [4.78, 5) is 0. The van der Waals surface area contributed by atoms with Crippen LogP contribution in [0.2, 0.25) is 0 Å². The Hall–Kier alpha value is -5.40. The zero-order valence-corrected chi connectivity index (χ0v) is 27.7. The van der Waals surface area contributed by atoms with Gasteiger partial charge in [-0.1, -0.05) is 151 Å². The molecule has 49 heavy (non-hydrogen) atoms. The van der Waals surface area contributed by atoms with Gasteiger partial charge in [0.2, 0.25) is 0 Å². The van der Waals surface area contributed by atoms with Gasteiger partial charge in [0.1, 0.15) is 0 Å². The third-order valence-corrected chi connectivity index (χ3v) is 11.6. The Balaban J connectivity index is 1.04. The van der Waals surface area contributed by atoms with Gasteiger partial charge in [-0.25, -0.2) is 0 Å². The van der Waals surface area contributed by atoms with E-state index in [-0.39, 0.29) is 0 Å². The van der Waals surface area contributed by atoms with Crippen molar-refractivity contribution in [3.05, 3.63) is 192 Å². The molecule has 4 aromatic carbocycles. The highest BCUT2D eigenvalue weighted by Crippen LogP contribution is 2.49. The predicted molar refractivity (Wildman–Crippen MR) is 207 cm³/mol. The lowest BCUT2D eigenvalue weighted by Crippen LogP contribution is -2.16. The molecule has 0 bridgehead atoms. The van der Waals surface area contributed by atoms with Crippen molar-refractivity contribution in [1.82, 2.24) is 4.57 Å². The van der Waals surface area contributed by atoms with Crippen molar-refractivity contribution in [1.29, 1.82) is 0 Å². The van der Waals surface area contributed by atoms with Gasteiger partial charge < -0.3 is 4.57 Å². The fourth-order valence-electron chi connectivity index (χ4n) is 9.12. The predicted octanol–water partition coefficient (Wildman–Crippen LogP) is 12.2. The highest BCUT2D eigenvalue weighted by atomic mass is 15.0. The van der Waals surface area contributed by atoms with Gasteiger partial charge in [-0.2, -0.15) is 0 Å². The van der Waals surface area contributed by atoms with E-state index in [1.54, 1.807) is 5.57 Å². The highest BCUT2D eigenvalue weighted by Gasteiger charge is 2.31. The Morgan fingerprint density at radius 2 is 1.47 bits per heavy atom. The summed E-state index contributed by atoms with van der Waals surface area (Å²) in [7, 11) is 0. The Morgan fingerprint density at radius 1 is 0.653 bits per heavy atom. The van der Waals surface area contributed by atoms with E-state index in [0.29, 0.717) is 23.7 Å². The largest absolute Gasteiger partial charge is 0.310 e. The number of hydrogen-bond donors (Lipinski definition) is 0. The molecule has 0 amide bonds. The van der Waals surface area contributed by atoms with E-state index in [2.05, 4.69) is 168 Å². The number of aromatic nitrogens is 1. The summed E-state index contributed by atoms with van der Waals surface area (Å²) < 4.78 is 2.52. The van der Waals surface area contributed by atoms with Crippen molar-refractivity contribution in [2.45, 2.75) is 31.6 Å². The molecule has 0 fully saturated rings. The summed E-state index contributed by atoms with van der Waals surface area (Å²) in [6, 6.07) is 34.0. The van der Waals surface area contributed by atoms with Crippen LogP contribution in [0.3, 0.4) is 0 Å². The second-order valence-corrected chi connectivity index (χ2v) is 14.3. The minimum atomic E-state index is 0.405. The Bertz CT molecular complexity index is 2380. The summed E-state index contributed by atoms with van der Waals surface area (Å²) >= 11 is 0. The highest BCUT2D eigenvalue weighted by molar-refractivity contribution is 6.16. The second-order valence-electron chi connectivity index (χ2n) is 14.3. The van der Waals surface area contributed by atoms with Gasteiger partial charge in [-0.05, 0) is 82.9 Å². The molecule has 4 atom stereocenters. The molecular formula is C48H39N. The van der Waals surface area contributed by atoms with E-state index in [0.717, 1.165) is 25.7 Å². The maximum atomic E-state index is 2.52. The molecule has 1 nitrogen and oxygen atoms in total. The van der Waals surface area contributed by atoms with Gasteiger partial charge in [-0.3, -0.25) is 0 Å². The molecule has 5 aliphatic carbocycles. The Labute approximate surface area is 289 Å². The average Bonchev–Trinajstić information content (AvgIpc) is 3.52. The van der Waals surface area contributed by atoms with Crippen molar-refractivity contribution in [2.24, 2.45) is 17.8 Å². The van der Waals surface area contributed by atoms with Crippen LogP contribution >= 0.6 is 0 Å². The van der Waals surface area contributed by atoms with Gasteiger partial charge in [0.25, 0.3) is 0 Å².